The number of hydrogen-bond acceptors (Lipinski definition) is 7. The van der Waals surface area contributed by atoms with Crippen LogP contribution in [0.3, 0.4) is 0 Å². The fourth-order valence-electron chi connectivity index (χ4n) is 1.58. The molecule has 0 fully saturated rings. The first-order valence-electron chi connectivity index (χ1n) is 5.35. The van der Waals surface area contributed by atoms with E-state index in [1.54, 1.807) is 13.8 Å². The maximum absolute atomic E-state index is 11.7. The second-order valence-corrected chi connectivity index (χ2v) is 4.52. The Bertz CT molecular complexity index is 614. The third-order valence-electron chi connectivity index (χ3n) is 2.19. The van der Waals surface area contributed by atoms with Crippen LogP contribution < -0.4 is 19.5 Å². The molecule has 1 aromatic heterocycles. The normalized spacial score (nSPS) is 10.7. The lowest BCUT2D eigenvalue weighted by molar-refractivity contribution is -1.92. The third-order valence-corrected chi connectivity index (χ3v) is 2.19. The minimum Gasteiger partial charge on any atom is -0.447 e. The van der Waals surface area contributed by atoms with Gasteiger partial charge in [-0.05, 0) is 12.5 Å². The van der Waals surface area contributed by atoms with Crippen LogP contribution in [0.1, 0.15) is 11.7 Å². The molecule has 0 spiro atoms. The minimum absolute atomic E-state index is 0.234. The average Bonchev–Trinajstić information content (AvgIpc) is 2.26. The molecule has 2 aromatic rings. The van der Waals surface area contributed by atoms with Gasteiger partial charge in [0.15, 0.2) is 5.89 Å². The molecule has 0 aliphatic heterocycles. The van der Waals surface area contributed by atoms with Crippen molar-refractivity contribution >= 4 is 0 Å². The number of hydrogen-bond donors (Lipinski definition) is 1. The van der Waals surface area contributed by atoms with Gasteiger partial charge < -0.3 is 4.42 Å². The Balaban J connectivity index is 0.000000347. The maximum atomic E-state index is 11.7. The Morgan fingerprint density at radius 3 is 2.10 bits per heavy atom. The summed E-state index contributed by atoms with van der Waals surface area (Å²) in [6, 6.07) is 9.41. The zero-order valence-corrected chi connectivity index (χ0v) is 11.5. The second kappa shape index (κ2) is 6.60. The van der Waals surface area contributed by atoms with Gasteiger partial charge in [0.05, 0.1) is 20.5 Å². The molecule has 0 saturated heterocycles. The monoisotopic (exact) mass is 301 g/mol. The molecule has 108 valence electrons. The summed E-state index contributed by atoms with van der Waals surface area (Å²) in [4.78, 5) is 15.5. The van der Waals surface area contributed by atoms with Crippen LogP contribution in [0, 0.1) is 24.1 Å². The molecule has 0 bridgehead atoms. The highest BCUT2D eigenvalue weighted by molar-refractivity contribution is 5.63. The summed E-state index contributed by atoms with van der Waals surface area (Å²) in [5.74, 6) is 1.01. The molecule has 0 amide bonds. The van der Waals surface area contributed by atoms with Crippen molar-refractivity contribution in [2.75, 3.05) is 0 Å². The van der Waals surface area contributed by atoms with E-state index in [4.69, 9.17) is 23.1 Å². The SMILES string of the molecule is Cc1nc(=O)c(-c2ccccc2)c(C)o1.[O-][Cl+3]([O-])([O-])O. The van der Waals surface area contributed by atoms with Gasteiger partial charge in [-0.15, -0.1) is 0 Å². The molecule has 1 heterocycles. The standard InChI is InChI=1S/C12H11NO2.ClHO4/c1-8-11(10-6-4-3-5-7-10)12(14)13-9(2)15-8;2-1(3,4)5/h3-7H,1-2H3;(H,2,3,4,5). The first-order chi connectivity index (χ1) is 9.18. The molecule has 0 aliphatic carbocycles. The summed E-state index contributed by atoms with van der Waals surface area (Å²) >= 11 is 0. The van der Waals surface area contributed by atoms with E-state index in [9.17, 15) is 4.79 Å². The lowest BCUT2D eigenvalue weighted by Gasteiger charge is -2.03. The molecule has 0 radical (unpaired) electrons. The Morgan fingerprint density at radius 1 is 1.15 bits per heavy atom. The summed E-state index contributed by atoms with van der Waals surface area (Å²) in [5.41, 5.74) is 1.15. The number of nitrogens with zero attached hydrogens (tertiary/aromatic N) is 1. The molecular weight excluding hydrogens is 290 g/mol. The highest BCUT2D eigenvalue weighted by Gasteiger charge is 2.09. The number of aromatic nitrogens is 1. The molecule has 0 atom stereocenters. The molecule has 20 heavy (non-hydrogen) atoms. The predicted octanol–water partition coefficient (Wildman–Crippen LogP) is -1.81. The van der Waals surface area contributed by atoms with Crippen LogP contribution in [0.4, 0.5) is 0 Å². The lowest BCUT2D eigenvalue weighted by atomic mass is 10.1. The Hall–Kier alpha value is -1.77. The van der Waals surface area contributed by atoms with Crippen molar-refractivity contribution in [3.63, 3.8) is 0 Å². The highest BCUT2D eigenvalue weighted by atomic mass is 35.7. The van der Waals surface area contributed by atoms with E-state index in [-0.39, 0.29) is 5.56 Å². The summed E-state index contributed by atoms with van der Waals surface area (Å²) in [6.45, 7) is 3.45. The smallest absolute Gasteiger partial charge is 0.284 e. The van der Waals surface area contributed by atoms with Gasteiger partial charge in [0, 0.05) is 6.92 Å². The van der Waals surface area contributed by atoms with Crippen molar-refractivity contribution in [3.05, 3.63) is 52.3 Å². The zero-order valence-electron chi connectivity index (χ0n) is 10.7. The van der Waals surface area contributed by atoms with E-state index in [1.165, 1.54) is 0 Å². The molecule has 8 heteroatoms. The fraction of sp³-hybridized carbons (Fsp3) is 0.167. The molecule has 0 unspecified atom stereocenters. The van der Waals surface area contributed by atoms with Gasteiger partial charge in [-0.1, -0.05) is 30.3 Å². The van der Waals surface area contributed by atoms with Crippen LogP contribution >= 0.6 is 0 Å². The van der Waals surface area contributed by atoms with Crippen molar-refractivity contribution in [1.29, 1.82) is 0 Å². The van der Waals surface area contributed by atoms with Gasteiger partial charge in [0.2, 0.25) is 0 Å². The van der Waals surface area contributed by atoms with Crippen LogP contribution in [0.2, 0.25) is 0 Å². The van der Waals surface area contributed by atoms with Crippen LogP contribution in [-0.4, -0.2) is 9.64 Å². The molecule has 1 aromatic carbocycles. The number of rotatable bonds is 1. The number of aryl methyl sites for hydroxylation is 2. The lowest BCUT2D eigenvalue weighted by Crippen LogP contribution is -2.58. The highest BCUT2D eigenvalue weighted by Crippen LogP contribution is 2.18. The van der Waals surface area contributed by atoms with Crippen LogP contribution in [0.15, 0.2) is 39.5 Å². The Kier molecular flexibility index (Phi) is 5.37. The summed E-state index contributed by atoms with van der Waals surface area (Å²) in [7, 11) is -4.69. The summed E-state index contributed by atoms with van der Waals surface area (Å²) in [6.07, 6.45) is 0. The van der Waals surface area contributed by atoms with E-state index in [0.29, 0.717) is 17.2 Å². The summed E-state index contributed by atoms with van der Waals surface area (Å²) in [5, 5.41) is 0. The minimum atomic E-state index is -4.69. The third kappa shape index (κ3) is 5.47. The van der Waals surface area contributed by atoms with Gasteiger partial charge >= 0.3 is 0 Å². The Labute approximate surface area is 116 Å². The van der Waals surface area contributed by atoms with Gasteiger partial charge in [-0.2, -0.15) is 19.0 Å². The topological polar surface area (TPSA) is 133 Å². The molecule has 1 N–H and O–H groups in total. The first-order valence-corrected chi connectivity index (χ1v) is 6.62. The maximum Gasteiger partial charge on any atom is 0.284 e. The van der Waals surface area contributed by atoms with E-state index in [0.717, 1.165) is 5.56 Å². The van der Waals surface area contributed by atoms with Crippen LogP contribution in [0.25, 0.3) is 11.1 Å². The van der Waals surface area contributed by atoms with E-state index < -0.39 is 10.2 Å². The van der Waals surface area contributed by atoms with Crippen molar-refractivity contribution < 1.29 is 33.3 Å². The average molecular weight is 302 g/mol. The van der Waals surface area contributed by atoms with Crippen molar-refractivity contribution in [3.8, 4) is 11.1 Å². The second-order valence-electron chi connectivity index (χ2n) is 3.73. The van der Waals surface area contributed by atoms with Gasteiger partial charge in [-0.3, -0.25) is 4.79 Å². The number of halogens is 1. The molecule has 0 aliphatic rings. The van der Waals surface area contributed by atoms with Crippen molar-refractivity contribution in [2.45, 2.75) is 13.8 Å². The van der Waals surface area contributed by atoms with Crippen molar-refractivity contribution in [1.82, 2.24) is 4.98 Å². The van der Waals surface area contributed by atoms with Crippen LogP contribution in [-0.2, 0) is 0 Å². The molecule has 2 rings (SSSR count). The van der Waals surface area contributed by atoms with Crippen molar-refractivity contribution in [2.24, 2.45) is 0 Å². The molecule has 7 nitrogen and oxygen atoms in total. The predicted molar refractivity (Wildman–Crippen MR) is 59.9 cm³/mol. The number of benzene rings is 1. The molecular formula is C12H12ClNO6. The Morgan fingerprint density at radius 2 is 1.65 bits per heavy atom. The summed E-state index contributed by atoms with van der Waals surface area (Å²) < 4.78 is 38.1. The van der Waals surface area contributed by atoms with Gasteiger partial charge in [-0.25, -0.2) is 0 Å². The van der Waals surface area contributed by atoms with Gasteiger partial charge in [0.25, 0.3) is 5.56 Å². The first kappa shape index (κ1) is 16.3. The quantitative estimate of drug-likeness (QED) is 0.656. The van der Waals surface area contributed by atoms with Crippen LogP contribution in [0.5, 0.6) is 0 Å². The molecule has 0 saturated carbocycles. The largest absolute Gasteiger partial charge is 0.447 e. The van der Waals surface area contributed by atoms with E-state index >= 15 is 0 Å². The van der Waals surface area contributed by atoms with E-state index in [1.807, 2.05) is 30.3 Å². The van der Waals surface area contributed by atoms with Gasteiger partial charge in [0.1, 0.15) is 5.76 Å². The zero-order chi connectivity index (χ0) is 15.3. The fourth-order valence-corrected chi connectivity index (χ4v) is 1.58. The van der Waals surface area contributed by atoms with E-state index in [2.05, 4.69) is 4.98 Å².